The fraction of sp³-hybridized carbons (Fsp3) is 0.632. The van der Waals surface area contributed by atoms with E-state index in [1.807, 2.05) is 24.1 Å². The van der Waals surface area contributed by atoms with Crippen LogP contribution >= 0.6 is 0 Å². The smallest absolute Gasteiger partial charge is 0.253 e. The second-order valence-corrected chi connectivity index (χ2v) is 7.66. The molecule has 1 aromatic carbocycles. The molecule has 0 radical (unpaired) electrons. The zero-order valence-electron chi connectivity index (χ0n) is 14.1. The zero-order valence-corrected chi connectivity index (χ0v) is 14.1. The first kappa shape index (κ1) is 16.1. The third kappa shape index (κ3) is 3.87. The van der Waals surface area contributed by atoms with E-state index in [9.17, 15) is 4.79 Å². The lowest BCUT2D eigenvalue weighted by Crippen LogP contribution is -2.39. The van der Waals surface area contributed by atoms with Crippen LogP contribution in [0.3, 0.4) is 0 Å². The van der Waals surface area contributed by atoms with Crippen LogP contribution in [0.1, 0.15) is 69.3 Å². The molecule has 1 amide bonds. The maximum absolute atomic E-state index is 12.6. The molecule has 0 spiro atoms. The van der Waals surface area contributed by atoms with Crippen molar-refractivity contribution in [3.8, 4) is 0 Å². The largest absolute Gasteiger partial charge is 0.339 e. The van der Waals surface area contributed by atoms with Crippen LogP contribution in [0.15, 0.2) is 24.3 Å². The van der Waals surface area contributed by atoms with Crippen LogP contribution in [0.2, 0.25) is 0 Å². The molecular formula is C19H29NO. The first-order chi connectivity index (χ1) is 9.79. The Morgan fingerprint density at radius 1 is 1.05 bits per heavy atom. The molecule has 0 unspecified atom stereocenters. The molecule has 2 nitrogen and oxygen atoms in total. The molecule has 0 heterocycles. The summed E-state index contributed by atoms with van der Waals surface area (Å²) in [5.41, 5.74) is 2.21. The number of rotatable bonds is 2. The van der Waals surface area contributed by atoms with E-state index in [0.29, 0.717) is 6.04 Å². The SMILES string of the molecule is CC1CCC(N(C)C(=O)c2ccc(C(C)(C)C)cc2)CC1. The molecule has 0 saturated heterocycles. The summed E-state index contributed by atoms with van der Waals surface area (Å²) in [5, 5.41) is 0. The molecule has 0 bridgehead atoms. The molecule has 1 saturated carbocycles. The van der Waals surface area contributed by atoms with Gasteiger partial charge in [-0.1, -0.05) is 39.8 Å². The Hall–Kier alpha value is -1.31. The van der Waals surface area contributed by atoms with Crippen molar-refractivity contribution in [2.45, 2.75) is 64.8 Å². The molecule has 116 valence electrons. The van der Waals surface area contributed by atoms with Gasteiger partial charge < -0.3 is 4.90 Å². The van der Waals surface area contributed by atoms with Gasteiger partial charge in [0.05, 0.1) is 0 Å². The molecule has 1 fully saturated rings. The standard InChI is InChI=1S/C19H29NO/c1-14-6-12-17(13-7-14)20(5)18(21)15-8-10-16(11-9-15)19(2,3)4/h8-11,14,17H,6-7,12-13H2,1-5H3. The first-order valence-electron chi connectivity index (χ1n) is 8.16. The third-order valence-electron chi connectivity index (χ3n) is 4.85. The number of hydrogen-bond acceptors (Lipinski definition) is 1. The minimum Gasteiger partial charge on any atom is -0.339 e. The Balaban J connectivity index is 2.05. The molecule has 0 aromatic heterocycles. The van der Waals surface area contributed by atoms with Gasteiger partial charge >= 0.3 is 0 Å². The predicted molar refractivity (Wildman–Crippen MR) is 88.7 cm³/mol. The van der Waals surface area contributed by atoms with Crippen LogP contribution in [0, 0.1) is 5.92 Å². The lowest BCUT2D eigenvalue weighted by atomic mass is 9.86. The van der Waals surface area contributed by atoms with E-state index in [-0.39, 0.29) is 11.3 Å². The van der Waals surface area contributed by atoms with Gasteiger partial charge in [-0.25, -0.2) is 0 Å². The van der Waals surface area contributed by atoms with Crippen molar-refractivity contribution in [3.63, 3.8) is 0 Å². The van der Waals surface area contributed by atoms with Gasteiger partial charge in [-0.05, 0) is 54.7 Å². The van der Waals surface area contributed by atoms with Gasteiger partial charge in [-0.2, -0.15) is 0 Å². The molecule has 1 aliphatic carbocycles. The van der Waals surface area contributed by atoms with Crippen molar-refractivity contribution in [1.82, 2.24) is 4.90 Å². The van der Waals surface area contributed by atoms with Gasteiger partial charge in [-0.15, -0.1) is 0 Å². The molecule has 0 N–H and O–H groups in total. The Morgan fingerprint density at radius 2 is 1.57 bits per heavy atom. The van der Waals surface area contributed by atoms with Gasteiger partial charge in [0.15, 0.2) is 0 Å². The average molecular weight is 287 g/mol. The lowest BCUT2D eigenvalue weighted by molar-refractivity contribution is 0.0679. The van der Waals surface area contributed by atoms with E-state index in [1.165, 1.54) is 18.4 Å². The van der Waals surface area contributed by atoms with Gasteiger partial charge in [0.2, 0.25) is 0 Å². The monoisotopic (exact) mass is 287 g/mol. The predicted octanol–water partition coefficient (Wildman–Crippen LogP) is 4.63. The second kappa shape index (κ2) is 6.21. The minimum atomic E-state index is 0.132. The van der Waals surface area contributed by atoms with E-state index in [4.69, 9.17) is 0 Å². The quantitative estimate of drug-likeness (QED) is 0.776. The highest BCUT2D eigenvalue weighted by molar-refractivity contribution is 5.94. The summed E-state index contributed by atoms with van der Waals surface area (Å²) in [6.07, 6.45) is 4.77. The van der Waals surface area contributed by atoms with Crippen LogP contribution in [0.25, 0.3) is 0 Å². The van der Waals surface area contributed by atoms with Crippen molar-refractivity contribution in [3.05, 3.63) is 35.4 Å². The number of carbonyl (C=O) groups excluding carboxylic acids is 1. The molecule has 2 heteroatoms. The van der Waals surface area contributed by atoms with Crippen LogP contribution in [0.4, 0.5) is 0 Å². The third-order valence-corrected chi connectivity index (χ3v) is 4.85. The molecule has 1 aromatic rings. The maximum Gasteiger partial charge on any atom is 0.253 e. The fourth-order valence-corrected chi connectivity index (χ4v) is 3.11. The van der Waals surface area contributed by atoms with Gasteiger partial charge in [0, 0.05) is 18.7 Å². The van der Waals surface area contributed by atoms with E-state index >= 15 is 0 Å². The summed E-state index contributed by atoms with van der Waals surface area (Å²) in [6, 6.07) is 8.54. The van der Waals surface area contributed by atoms with Crippen molar-refractivity contribution < 1.29 is 4.79 Å². The Kier molecular flexibility index (Phi) is 4.75. The Morgan fingerprint density at radius 3 is 2.05 bits per heavy atom. The first-order valence-corrected chi connectivity index (χ1v) is 8.16. The Labute approximate surface area is 129 Å². The van der Waals surface area contributed by atoms with Crippen LogP contribution in [-0.2, 0) is 5.41 Å². The molecular weight excluding hydrogens is 258 g/mol. The zero-order chi connectivity index (χ0) is 15.6. The van der Waals surface area contributed by atoms with Gasteiger partial charge in [0.1, 0.15) is 0 Å². The summed E-state index contributed by atoms with van der Waals surface area (Å²) in [7, 11) is 1.96. The number of hydrogen-bond donors (Lipinski definition) is 0. The highest BCUT2D eigenvalue weighted by atomic mass is 16.2. The number of carbonyl (C=O) groups is 1. The summed E-state index contributed by atoms with van der Waals surface area (Å²) in [5.74, 6) is 0.978. The van der Waals surface area contributed by atoms with E-state index in [0.717, 1.165) is 24.3 Å². The van der Waals surface area contributed by atoms with Gasteiger partial charge in [-0.3, -0.25) is 4.79 Å². The summed E-state index contributed by atoms with van der Waals surface area (Å²) in [4.78, 5) is 14.6. The van der Waals surface area contributed by atoms with Crippen molar-refractivity contribution in [1.29, 1.82) is 0 Å². The number of amides is 1. The van der Waals surface area contributed by atoms with E-state index in [1.54, 1.807) is 0 Å². The maximum atomic E-state index is 12.6. The Bertz CT molecular complexity index is 475. The van der Waals surface area contributed by atoms with Crippen LogP contribution in [-0.4, -0.2) is 23.9 Å². The number of benzene rings is 1. The van der Waals surface area contributed by atoms with Crippen LogP contribution < -0.4 is 0 Å². The van der Waals surface area contributed by atoms with Crippen molar-refractivity contribution in [2.75, 3.05) is 7.05 Å². The van der Waals surface area contributed by atoms with Gasteiger partial charge in [0.25, 0.3) is 5.91 Å². The topological polar surface area (TPSA) is 20.3 Å². The summed E-state index contributed by atoms with van der Waals surface area (Å²) < 4.78 is 0. The fourth-order valence-electron chi connectivity index (χ4n) is 3.11. The molecule has 0 atom stereocenters. The van der Waals surface area contributed by atoms with E-state index < -0.39 is 0 Å². The number of nitrogens with zero attached hydrogens (tertiary/aromatic N) is 1. The molecule has 1 aliphatic rings. The average Bonchev–Trinajstić information content (AvgIpc) is 2.46. The highest BCUT2D eigenvalue weighted by Crippen LogP contribution is 2.28. The summed E-state index contributed by atoms with van der Waals surface area (Å²) in [6.45, 7) is 8.89. The molecule has 0 aliphatic heterocycles. The highest BCUT2D eigenvalue weighted by Gasteiger charge is 2.25. The van der Waals surface area contributed by atoms with Crippen LogP contribution in [0.5, 0.6) is 0 Å². The molecule has 2 rings (SSSR count). The van der Waals surface area contributed by atoms with E-state index in [2.05, 4.69) is 39.8 Å². The van der Waals surface area contributed by atoms with Crippen molar-refractivity contribution >= 4 is 5.91 Å². The van der Waals surface area contributed by atoms with Crippen molar-refractivity contribution in [2.24, 2.45) is 5.92 Å². The second-order valence-electron chi connectivity index (χ2n) is 7.66. The summed E-state index contributed by atoms with van der Waals surface area (Å²) >= 11 is 0. The normalized spacial score (nSPS) is 22.9. The lowest BCUT2D eigenvalue weighted by Gasteiger charge is -2.33. The minimum absolute atomic E-state index is 0.132. The molecule has 21 heavy (non-hydrogen) atoms.